The second kappa shape index (κ2) is 5.84. The average Bonchev–Trinajstić information content (AvgIpc) is 3.23. The minimum atomic E-state index is -4.02. The van der Waals surface area contributed by atoms with Crippen LogP contribution in [0.4, 0.5) is 13.2 Å². The lowest BCUT2D eigenvalue weighted by molar-refractivity contribution is -0.184. The van der Waals surface area contributed by atoms with Crippen LogP contribution in [-0.4, -0.2) is 31.0 Å². The molecule has 3 aliphatic rings. The van der Waals surface area contributed by atoms with Crippen molar-refractivity contribution in [1.82, 2.24) is 5.32 Å². The van der Waals surface area contributed by atoms with Gasteiger partial charge in [0.25, 0.3) is 0 Å². The first-order valence-corrected chi connectivity index (χ1v) is 7.96. The van der Waals surface area contributed by atoms with Gasteiger partial charge in [0.15, 0.2) is 0 Å². The number of alkyl halides is 3. The highest BCUT2D eigenvalue weighted by Crippen LogP contribution is 2.40. The molecule has 1 saturated heterocycles. The van der Waals surface area contributed by atoms with E-state index in [1.807, 2.05) is 0 Å². The maximum absolute atomic E-state index is 12.8. The van der Waals surface area contributed by atoms with Gasteiger partial charge in [0.1, 0.15) is 0 Å². The highest BCUT2D eigenvalue weighted by Gasteiger charge is 2.43. The minimum Gasteiger partial charge on any atom is -0.378 e. The first kappa shape index (κ1) is 14.6. The molecular formula is C15H24F3NO. The van der Waals surface area contributed by atoms with Crippen molar-refractivity contribution in [2.75, 3.05) is 6.61 Å². The summed E-state index contributed by atoms with van der Waals surface area (Å²) in [7, 11) is 0. The second-order valence-corrected chi connectivity index (χ2v) is 6.74. The largest absolute Gasteiger partial charge is 0.391 e. The van der Waals surface area contributed by atoms with Crippen LogP contribution in [0.15, 0.2) is 0 Å². The number of nitrogens with one attached hydrogen (secondary N) is 1. The summed E-state index contributed by atoms with van der Waals surface area (Å²) in [5.74, 6) is -0.387. The predicted octanol–water partition coefficient (Wildman–Crippen LogP) is 3.65. The molecule has 0 unspecified atom stereocenters. The molecule has 1 aliphatic heterocycles. The molecule has 4 atom stereocenters. The Morgan fingerprint density at radius 2 is 1.65 bits per heavy atom. The molecule has 0 aromatic heterocycles. The van der Waals surface area contributed by atoms with Gasteiger partial charge in [-0.3, -0.25) is 0 Å². The van der Waals surface area contributed by atoms with Crippen LogP contribution in [0, 0.1) is 11.8 Å². The summed E-state index contributed by atoms with van der Waals surface area (Å²) in [4.78, 5) is 0. The maximum Gasteiger partial charge on any atom is 0.391 e. The van der Waals surface area contributed by atoms with E-state index in [9.17, 15) is 13.2 Å². The van der Waals surface area contributed by atoms with E-state index in [1.54, 1.807) is 0 Å². The maximum atomic E-state index is 12.8. The van der Waals surface area contributed by atoms with Crippen LogP contribution in [0.5, 0.6) is 0 Å². The summed E-state index contributed by atoms with van der Waals surface area (Å²) in [6, 6.07) is 0.393. The standard InChI is InChI=1S/C15H24F3NO/c16-15(17,18)11-2-1-3-12(8-11)19-13-6-7-20-14(9-13)10-4-5-10/h10-14,19H,1-9H2/t11-,12+,13+,14+/m1/s1. The quantitative estimate of drug-likeness (QED) is 0.857. The van der Waals surface area contributed by atoms with Crippen molar-refractivity contribution in [3.63, 3.8) is 0 Å². The molecule has 0 bridgehead atoms. The van der Waals surface area contributed by atoms with Crippen molar-refractivity contribution in [1.29, 1.82) is 0 Å². The van der Waals surface area contributed by atoms with Crippen molar-refractivity contribution in [2.24, 2.45) is 11.8 Å². The smallest absolute Gasteiger partial charge is 0.378 e. The zero-order valence-electron chi connectivity index (χ0n) is 11.8. The van der Waals surface area contributed by atoms with Crippen molar-refractivity contribution >= 4 is 0 Å². The molecule has 0 aromatic carbocycles. The number of hydrogen-bond donors (Lipinski definition) is 1. The Morgan fingerprint density at radius 3 is 2.35 bits per heavy atom. The molecule has 20 heavy (non-hydrogen) atoms. The Hall–Kier alpha value is -0.290. The lowest BCUT2D eigenvalue weighted by Gasteiger charge is -2.37. The average molecular weight is 291 g/mol. The van der Waals surface area contributed by atoms with Gasteiger partial charge in [-0.15, -0.1) is 0 Å². The molecule has 5 heteroatoms. The van der Waals surface area contributed by atoms with E-state index in [4.69, 9.17) is 4.74 Å². The summed E-state index contributed by atoms with van der Waals surface area (Å²) in [5.41, 5.74) is 0. The fourth-order valence-corrected chi connectivity index (χ4v) is 3.75. The Labute approximate surface area is 118 Å². The second-order valence-electron chi connectivity index (χ2n) is 6.74. The summed E-state index contributed by atoms with van der Waals surface area (Å²) in [6.07, 6.45) is 2.92. The van der Waals surface area contributed by atoms with Crippen LogP contribution in [-0.2, 0) is 4.74 Å². The third-order valence-corrected chi connectivity index (χ3v) is 5.07. The summed E-state index contributed by atoms with van der Waals surface area (Å²) in [6.45, 7) is 0.758. The van der Waals surface area contributed by atoms with E-state index >= 15 is 0 Å². The van der Waals surface area contributed by atoms with Crippen molar-refractivity contribution in [2.45, 2.75) is 75.7 Å². The normalized spacial score (nSPS) is 39.8. The fourth-order valence-electron chi connectivity index (χ4n) is 3.75. The molecule has 0 spiro atoms. The Bertz CT molecular complexity index is 330. The highest BCUT2D eigenvalue weighted by atomic mass is 19.4. The third kappa shape index (κ3) is 3.67. The van der Waals surface area contributed by atoms with E-state index in [0.29, 0.717) is 30.9 Å². The third-order valence-electron chi connectivity index (χ3n) is 5.07. The number of rotatable bonds is 3. The van der Waals surface area contributed by atoms with Gasteiger partial charge in [-0.1, -0.05) is 6.42 Å². The molecule has 0 amide bonds. The van der Waals surface area contributed by atoms with Gasteiger partial charge in [-0.05, 0) is 50.9 Å². The molecule has 2 saturated carbocycles. The molecule has 3 rings (SSSR count). The van der Waals surface area contributed by atoms with Crippen LogP contribution in [0.3, 0.4) is 0 Å². The van der Waals surface area contributed by atoms with Crippen LogP contribution < -0.4 is 5.32 Å². The van der Waals surface area contributed by atoms with Gasteiger partial charge >= 0.3 is 6.18 Å². The molecule has 2 aliphatic carbocycles. The molecule has 3 fully saturated rings. The molecule has 2 nitrogen and oxygen atoms in total. The number of halogens is 3. The van der Waals surface area contributed by atoms with Crippen LogP contribution >= 0.6 is 0 Å². The zero-order valence-corrected chi connectivity index (χ0v) is 11.8. The minimum absolute atomic E-state index is 0.0401. The molecular weight excluding hydrogens is 267 g/mol. The van der Waals surface area contributed by atoms with Gasteiger partial charge in [0.05, 0.1) is 12.0 Å². The van der Waals surface area contributed by atoms with Crippen LogP contribution in [0.1, 0.15) is 51.4 Å². The van der Waals surface area contributed by atoms with Crippen molar-refractivity contribution < 1.29 is 17.9 Å². The van der Waals surface area contributed by atoms with E-state index in [1.165, 1.54) is 12.8 Å². The van der Waals surface area contributed by atoms with E-state index in [-0.39, 0.29) is 12.5 Å². The van der Waals surface area contributed by atoms with E-state index in [0.717, 1.165) is 25.9 Å². The first-order valence-electron chi connectivity index (χ1n) is 7.96. The van der Waals surface area contributed by atoms with Crippen molar-refractivity contribution in [3.8, 4) is 0 Å². The predicted molar refractivity (Wildman–Crippen MR) is 70.4 cm³/mol. The molecule has 0 radical (unpaired) electrons. The topological polar surface area (TPSA) is 21.3 Å². The summed E-state index contributed by atoms with van der Waals surface area (Å²) in [5, 5.41) is 3.49. The lowest BCUT2D eigenvalue weighted by Crippen LogP contribution is -2.47. The zero-order chi connectivity index (χ0) is 14.2. The van der Waals surface area contributed by atoms with Crippen molar-refractivity contribution in [3.05, 3.63) is 0 Å². The van der Waals surface area contributed by atoms with Gasteiger partial charge in [-0.25, -0.2) is 0 Å². The monoisotopic (exact) mass is 291 g/mol. The Kier molecular flexibility index (Phi) is 4.27. The molecule has 1 N–H and O–H groups in total. The first-order chi connectivity index (χ1) is 9.52. The van der Waals surface area contributed by atoms with E-state index < -0.39 is 12.1 Å². The Morgan fingerprint density at radius 1 is 0.900 bits per heavy atom. The van der Waals surface area contributed by atoms with Gasteiger partial charge in [0, 0.05) is 18.7 Å². The SMILES string of the molecule is FC(F)(F)[C@@H]1CCC[C@H](N[C@H]2CCO[C@H](C3CC3)C2)C1. The number of hydrogen-bond acceptors (Lipinski definition) is 2. The summed E-state index contributed by atoms with van der Waals surface area (Å²) >= 11 is 0. The van der Waals surface area contributed by atoms with E-state index in [2.05, 4.69) is 5.32 Å². The molecule has 116 valence electrons. The lowest BCUT2D eigenvalue weighted by atomic mass is 9.84. The highest BCUT2D eigenvalue weighted by molar-refractivity contribution is 4.90. The van der Waals surface area contributed by atoms with Crippen LogP contribution in [0.2, 0.25) is 0 Å². The summed E-state index contributed by atoms with van der Waals surface area (Å²) < 4.78 is 44.2. The van der Waals surface area contributed by atoms with Gasteiger partial charge in [0.2, 0.25) is 0 Å². The Balaban J connectivity index is 1.49. The molecule has 1 heterocycles. The van der Waals surface area contributed by atoms with Gasteiger partial charge < -0.3 is 10.1 Å². The van der Waals surface area contributed by atoms with Gasteiger partial charge in [-0.2, -0.15) is 13.2 Å². The fraction of sp³-hybridized carbons (Fsp3) is 1.00. The number of ether oxygens (including phenoxy) is 1. The molecule has 0 aromatic rings. The van der Waals surface area contributed by atoms with Crippen LogP contribution in [0.25, 0.3) is 0 Å².